The van der Waals surface area contributed by atoms with Crippen molar-refractivity contribution in [3.8, 4) is 0 Å². The summed E-state index contributed by atoms with van der Waals surface area (Å²) in [7, 11) is -5.17. The summed E-state index contributed by atoms with van der Waals surface area (Å²) < 4.78 is 33.4. The van der Waals surface area contributed by atoms with Gasteiger partial charge >= 0.3 is 19.8 Å². The van der Waals surface area contributed by atoms with Gasteiger partial charge in [-0.25, -0.2) is 4.57 Å². The zero-order valence-electron chi connectivity index (χ0n) is 38.4. The maximum Gasteiger partial charge on any atom is 0.472 e. The number of carbonyl (C=O) groups is 2. The van der Waals surface area contributed by atoms with Crippen LogP contribution in [0.3, 0.4) is 0 Å². The highest BCUT2D eigenvalue weighted by Crippen LogP contribution is 2.47. The van der Waals surface area contributed by atoms with E-state index in [0.717, 1.165) is 32.1 Å². The topological polar surface area (TPSA) is 230 Å². The van der Waals surface area contributed by atoms with Gasteiger partial charge in [0.1, 0.15) is 43.2 Å². The molecular formula is C49H81O14P. The third kappa shape index (κ3) is 30.2. The second-order valence-electron chi connectivity index (χ2n) is 16.1. The number of rotatable bonds is 37. The summed E-state index contributed by atoms with van der Waals surface area (Å²) in [6, 6.07) is 0. The number of aliphatic hydroxyl groups is 6. The molecule has 0 bridgehead atoms. The molecule has 0 amide bonds. The van der Waals surface area contributed by atoms with Crippen LogP contribution < -0.4 is 0 Å². The summed E-state index contributed by atoms with van der Waals surface area (Å²) in [4.78, 5) is 35.7. The Morgan fingerprint density at radius 2 is 1.03 bits per heavy atom. The van der Waals surface area contributed by atoms with E-state index in [9.17, 15) is 49.7 Å². The number of phosphoric ester groups is 1. The molecule has 1 aliphatic rings. The van der Waals surface area contributed by atoms with Crippen LogP contribution in [0.15, 0.2) is 85.1 Å². The van der Waals surface area contributed by atoms with Gasteiger partial charge in [-0.1, -0.05) is 144 Å². The maximum atomic E-state index is 12.8. The molecule has 1 saturated carbocycles. The quantitative estimate of drug-likeness (QED) is 0.0102. The molecule has 1 rings (SSSR count). The van der Waals surface area contributed by atoms with Gasteiger partial charge < -0.3 is 45.0 Å². The third-order valence-corrected chi connectivity index (χ3v) is 11.3. The van der Waals surface area contributed by atoms with Crippen LogP contribution in [0.5, 0.6) is 0 Å². The van der Waals surface area contributed by atoms with Crippen molar-refractivity contribution in [2.24, 2.45) is 0 Å². The fraction of sp³-hybridized carbons (Fsp3) is 0.673. The Kier molecular flexibility index (Phi) is 35.2. The van der Waals surface area contributed by atoms with Crippen LogP contribution in [-0.2, 0) is 32.7 Å². The van der Waals surface area contributed by atoms with Gasteiger partial charge in [0.05, 0.1) is 12.7 Å². The largest absolute Gasteiger partial charge is 0.472 e. The summed E-state index contributed by atoms with van der Waals surface area (Å²) in [5, 5.41) is 60.2. The summed E-state index contributed by atoms with van der Waals surface area (Å²) in [6.45, 7) is 3.09. The van der Waals surface area contributed by atoms with Crippen molar-refractivity contribution in [1.82, 2.24) is 0 Å². The van der Waals surface area contributed by atoms with E-state index in [4.69, 9.17) is 18.5 Å². The summed E-state index contributed by atoms with van der Waals surface area (Å²) in [5.74, 6) is -1.27. The molecule has 0 heterocycles. The maximum absolute atomic E-state index is 12.8. The van der Waals surface area contributed by atoms with Crippen molar-refractivity contribution >= 4 is 19.8 Å². The smallest absolute Gasteiger partial charge is 0.462 e. The van der Waals surface area contributed by atoms with Gasteiger partial charge in [0.25, 0.3) is 0 Å². The van der Waals surface area contributed by atoms with Crippen LogP contribution >= 0.6 is 7.82 Å². The van der Waals surface area contributed by atoms with E-state index < -0.39 is 81.8 Å². The zero-order chi connectivity index (χ0) is 47.3. The number of unbranched alkanes of at least 4 members (excludes halogenated alkanes) is 11. The summed E-state index contributed by atoms with van der Waals surface area (Å²) in [6.07, 6.45) is 32.4. The van der Waals surface area contributed by atoms with Crippen LogP contribution in [0.2, 0.25) is 0 Å². The van der Waals surface area contributed by atoms with Crippen LogP contribution in [-0.4, -0.2) is 110 Å². The summed E-state index contributed by atoms with van der Waals surface area (Å²) in [5.41, 5.74) is 0. The molecule has 9 atom stereocenters. The number of ether oxygens (including phenoxy) is 2. The lowest BCUT2D eigenvalue weighted by molar-refractivity contribution is -0.220. The molecule has 1 aliphatic carbocycles. The first kappa shape index (κ1) is 59.0. The van der Waals surface area contributed by atoms with Gasteiger partial charge in [0, 0.05) is 12.8 Å². The number of phosphoric acid groups is 1. The van der Waals surface area contributed by atoms with Crippen molar-refractivity contribution in [3.05, 3.63) is 85.1 Å². The summed E-state index contributed by atoms with van der Waals surface area (Å²) >= 11 is 0. The number of carbonyl (C=O) groups excluding carboxylic acids is 2. The number of hydrogen-bond acceptors (Lipinski definition) is 13. The number of esters is 2. The van der Waals surface area contributed by atoms with E-state index in [2.05, 4.69) is 44.2 Å². The SMILES string of the molecule is CCCCC/C=C\C[C@H](O)/C=C/C=C\C/C=C\CCCC(=O)O[C@H](COC(=O)CCC/C=C\C/C=C\C/C=C\CCCCCCCC)COP(=O)(O)OC1[C@H](O)[C@H](O)C(O)[C@H](O)[C@H]1O. The van der Waals surface area contributed by atoms with Gasteiger partial charge in [0.15, 0.2) is 6.10 Å². The Balaban J connectivity index is 2.57. The van der Waals surface area contributed by atoms with Crippen molar-refractivity contribution in [2.45, 2.75) is 198 Å². The lowest BCUT2D eigenvalue weighted by Crippen LogP contribution is -2.64. The van der Waals surface area contributed by atoms with E-state index in [1.54, 1.807) is 12.2 Å². The van der Waals surface area contributed by atoms with Gasteiger partial charge in [-0.15, -0.1) is 0 Å². The van der Waals surface area contributed by atoms with Crippen LogP contribution in [0.1, 0.15) is 149 Å². The van der Waals surface area contributed by atoms with Gasteiger partial charge in [-0.05, 0) is 77.0 Å². The molecule has 0 aromatic rings. The molecule has 0 aliphatic heterocycles. The Hall–Kier alpha value is -3.01. The molecule has 0 aromatic heterocycles. The van der Waals surface area contributed by atoms with Crippen LogP contribution in [0, 0.1) is 0 Å². The fourth-order valence-corrected chi connectivity index (χ4v) is 7.41. The first-order chi connectivity index (χ1) is 30.8. The molecule has 366 valence electrons. The highest BCUT2D eigenvalue weighted by molar-refractivity contribution is 7.47. The first-order valence-corrected chi connectivity index (χ1v) is 25.0. The predicted octanol–water partition coefficient (Wildman–Crippen LogP) is 8.25. The molecule has 15 heteroatoms. The van der Waals surface area contributed by atoms with Crippen LogP contribution in [0.25, 0.3) is 0 Å². The van der Waals surface area contributed by atoms with E-state index in [1.807, 2.05) is 42.5 Å². The highest BCUT2D eigenvalue weighted by atomic mass is 31.2. The predicted molar refractivity (Wildman–Crippen MR) is 250 cm³/mol. The first-order valence-electron chi connectivity index (χ1n) is 23.5. The van der Waals surface area contributed by atoms with Crippen molar-refractivity contribution < 1.29 is 68.2 Å². The minimum absolute atomic E-state index is 0.0262. The molecule has 0 spiro atoms. The number of aliphatic hydroxyl groups excluding tert-OH is 6. The standard InChI is InChI=1S/C49H81O14P/c1-3-5-7-9-11-12-13-14-15-16-17-18-19-20-24-28-32-36-42(51)60-38-41(39-61-64(58,59)63-49-47(56)45(54)44(53)46(55)48(49)57)62-43(52)37-33-29-25-22-21-23-27-31-35-40(50)34-30-26-10-8-6-4-2/h14-15,17-18,20,22-27,30-31,35,40-41,44-50,53-57H,3-13,16,19,21,28-29,32-34,36-39H2,1-2H3,(H,58,59)/b15-14-,18-17-,24-20-,25-22-,27-23-,30-26-,35-31+/t40-,41+,44?,45-,46+,47+,48+,49?/m0/s1. The lowest BCUT2D eigenvalue weighted by Gasteiger charge is -2.41. The van der Waals surface area contributed by atoms with Crippen molar-refractivity contribution in [2.75, 3.05) is 13.2 Å². The van der Waals surface area contributed by atoms with E-state index in [0.29, 0.717) is 38.5 Å². The zero-order valence-corrected chi connectivity index (χ0v) is 39.3. The molecule has 64 heavy (non-hydrogen) atoms. The fourth-order valence-electron chi connectivity index (χ4n) is 6.44. The van der Waals surface area contributed by atoms with Gasteiger partial charge in [-0.3, -0.25) is 18.6 Å². The van der Waals surface area contributed by atoms with Crippen molar-refractivity contribution in [3.63, 3.8) is 0 Å². The van der Waals surface area contributed by atoms with Crippen LogP contribution in [0.4, 0.5) is 0 Å². The van der Waals surface area contributed by atoms with E-state index in [1.165, 1.54) is 51.4 Å². The molecular weight excluding hydrogens is 843 g/mol. The molecule has 14 nitrogen and oxygen atoms in total. The normalized spacial score (nSPS) is 22.8. The minimum atomic E-state index is -5.17. The third-order valence-electron chi connectivity index (χ3n) is 10.3. The average Bonchev–Trinajstić information content (AvgIpc) is 3.27. The van der Waals surface area contributed by atoms with Gasteiger partial charge in [0.2, 0.25) is 0 Å². The molecule has 0 saturated heterocycles. The Labute approximate surface area is 382 Å². The average molecular weight is 925 g/mol. The molecule has 0 aromatic carbocycles. The monoisotopic (exact) mass is 925 g/mol. The van der Waals surface area contributed by atoms with E-state index >= 15 is 0 Å². The van der Waals surface area contributed by atoms with E-state index in [-0.39, 0.29) is 12.8 Å². The number of hydrogen-bond donors (Lipinski definition) is 7. The molecule has 7 N–H and O–H groups in total. The minimum Gasteiger partial charge on any atom is -0.462 e. The highest BCUT2D eigenvalue weighted by Gasteiger charge is 2.51. The molecule has 1 fully saturated rings. The van der Waals surface area contributed by atoms with Gasteiger partial charge in [-0.2, -0.15) is 0 Å². The Morgan fingerprint density at radius 1 is 0.562 bits per heavy atom. The Morgan fingerprint density at radius 3 is 1.64 bits per heavy atom. The second-order valence-corrected chi connectivity index (χ2v) is 17.5. The molecule has 0 radical (unpaired) electrons. The second kappa shape index (κ2) is 38.1. The lowest BCUT2D eigenvalue weighted by atomic mass is 9.85. The molecule has 3 unspecified atom stereocenters. The Bertz CT molecular complexity index is 1460. The van der Waals surface area contributed by atoms with Crippen molar-refractivity contribution in [1.29, 1.82) is 0 Å². The number of allylic oxidation sites excluding steroid dienone is 12.